The Morgan fingerprint density at radius 2 is 1.36 bits per heavy atom. The molecule has 0 aromatic carbocycles. The van der Waals surface area contributed by atoms with Crippen molar-refractivity contribution in [1.82, 2.24) is 0 Å². The van der Waals surface area contributed by atoms with Crippen LogP contribution >= 0.6 is 0 Å². The Hall–Kier alpha value is -1.30. The first-order chi connectivity index (χ1) is 10.9. The van der Waals surface area contributed by atoms with Crippen molar-refractivity contribution in [2.24, 2.45) is 0 Å². The van der Waals surface area contributed by atoms with Crippen molar-refractivity contribution in [3.63, 3.8) is 0 Å². The van der Waals surface area contributed by atoms with E-state index >= 15 is 0 Å². The zero-order valence-corrected chi connectivity index (χ0v) is 14.8. The molecule has 1 radical (unpaired) electrons. The normalized spacial score (nSPS) is 13.0. The van der Waals surface area contributed by atoms with Gasteiger partial charge in [-0.1, -0.05) is 80.9 Å². The van der Waals surface area contributed by atoms with Crippen LogP contribution in [0, 0.1) is 6.08 Å². The molecule has 0 heteroatoms. The first kappa shape index (κ1) is 20.7. The lowest BCUT2D eigenvalue weighted by atomic mass is 10.1. The Bertz CT molecular complexity index is 339. The highest BCUT2D eigenvalue weighted by Crippen LogP contribution is 2.08. The van der Waals surface area contributed by atoms with Gasteiger partial charge >= 0.3 is 0 Å². The van der Waals surface area contributed by atoms with Gasteiger partial charge in [0.15, 0.2) is 0 Å². The average molecular weight is 300 g/mol. The summed E-state index contributed by atoms with van der Waals surface area (Å²) in [5.41, 5.74) is 0. The highest BCUT2D eigenvalue weighted by molar-refractivity contribution is 4.97. The summed E-state index contributed by atoms with van der Waals surface area (Å²) in [5.74, 6) is 0. The molecule has 0 aliphatic heterocycles. The molecule has 123 valence electrons. The highest BCUT2D eigenvalue weighted by atomic mass is 13.9. The summed E-state index contributed by atoms with van der Waals surface area (Å²) in [4.78, 5) is 0. The Kier molecular flexibility index (Phi) is 18.5. The minimum Gasteiger partial charge on any atom is -0.0885 e. The van der Waals surface area contributed by atoms with Crippen LogP contribution in [0.25, 0.3) is 0 Å². The van der Waals surface area contributed by atoms with Crippen molar-refractivity contribution >= 4 is 0 Å². The highest BCUT2D eigenvalue weighted by Gasteiger charge is 1.88. The van der Waals surface area contributed by atoms with E-state index in [1.807, 2.05) is 25.2 Å². The van der Waals surface area contributed by atoms with Crippen LogP contribution in [-0.2, 0) is 0 Å². The minimum atomic E-state index is 1.07. The lowest BCUT2D eigenvalue weighted by molar-refractivity contribution is 0.619. The van der Waals surface area contributed by atoms with Crippen molar-refractivity contribution in [2.75, 3.05) is 0 Å². The molecule has 0 heterocycles. The molecule has 0 amide bonds. The predicted molar refractivity (Wildman–Crippen MR) is 102 cm³/mol. The Morgan fingerprint density at radius 3 is 2.09 bits per heavy atom. The molecule has 0 aromatic heterocycles. The van der Waals surface area contributed by atoms with Gasteiger partial charge in [0.2, 0.25) is 0 Å². The van der Waals surface area contributed by atoms with Crippen LogP contribution < -0.4 is 0 Å². The smallest absolute Gasteiger partial charge is 0.0169 e. The monoisotopic (exact) mass is 299 g/mol. The largest absolute Gasteiger partial charge is 0.0885 e. The van der Waals surface area contributed by atoms with Gasteiger partial charge < -0.3 is 0 Å². The zero-order chi connectivity index (χ0) is 16.1. The Balaban J connectivity index is 3.25. The van der Waals surface area contributed by atoms with Gasteiger partial charge in [-0.05, 0) is 57.9 Å². The Morgan fingerprint density at radius 1 is 0.727 bits per heavy atom. The van der Waals surface area contributed by atoms with E-state index in [4.69, 9.17) is 0 Å². The fourth-order valence-corrected chi connectivity index (χ4v) is 2.09. The molecule has 0 saturated carbocycles. The summed E-state index contributed by atoms with van der Waals surface area (Å²) in [6.45, 7) is 4.21. The van der Waals surface area contributed by atoms with Crippen molar-refractivity contribution in [3.05, 3.63) is 60.8 Å². The maximum atomic E-state index is 3.30. The summed E-state index contributed by atoms with van der Waals surface area (Å²) in [6, 6.07) is 0. The quantitative estimate of drug-likeness (QED) is 0.177. The number of hydrogen-bond donors (Lipinski definition) is 0. The van der Waals surface area contributed by atoms with Crippen LogP contribution in [0.4, 0.5) is 0 Å². The van der Waals surface area contributed by atoms with Crippen LogP contribution in [0.3, 0.4) is 0 Å². The van der Waals surface area contributed by atoms with Crippen molar-refractivity contribution in [1.29, 1.82) is 0 Å². The molecule has 0 bridgehead atoms. The minimum absolute atomic E-state index is 1.07. The SMILES string of the molecule is CC=C/C=[C]/CCCCCCCC=CCC=CCC=CCC. The molecule has 0 aliphatic carbocycles. The third-order valence-corrected chi connectivity index (χ3v) is 3.38. The number of unbranched alkanes of at least 4 members (excludes halogenated alkanes) is 6. The first-order valence-corrected chi connectivity index (χ1v) is 9.04. The van der Waals surface area contributed by atoms with E-state index in [1.165, 1.54) is 38.5 Å². The standard InChI is InChI=1S/C22H35/c1-3-5-7-9-11-13-15-17-19-21-22-20-18-16-14-12-10-8-6-4-2/h3,5-8,12,14,18,20H,4,10-11,13,15-17,19,21-22H2,1-2H3. The predicted octanol–water partition coefficient (Wildman–Crippen LogP) is 7.51. The van der Waals surface area contributed by atoms with E-state index in [-0.39, 0.29) is 0 Å². The van der Waals surface area contributed by atoms with Crippen molar-refractivity contribution in [3.8, 4) is 0 Å². The number of rotatable bonds is 14. The second-order valence-corrected chi connectivity index (χ2v) is 5.50. The molecule has 0 N–H and O–H groups in total. The molecule has 0 atom stereocenters. The summed E-state index contributed by atoms with van der Waals surface area (Å²) < 4.78 is 0. The van der Waals surface area contributed by atoms with Crippen LogP contribution in [0.2, 0.25) is 0 Å². The van der Waals surface area contributed by atoms with Crippen LogP contribution in [0.5, 0.6) is 0 Å². The second kappa shape index (κ2) is 19.7. The average Bonchev–Trinajstić information content (AvgIpc) is 2.54. The summed E-state index contributed by atoms with van der Waals surface area (Å²) in [7, 11) is 0. The van der Waals surface area contributed by atoms with Gasteiger partial charge in [0.25, 0.3) is 0 Å². The molecule has 0 aliphatic rings. The summed E-state index contributed by atoms with van der Waals surface area (Å²) >= 11 is 0. The van der Waals surface area contributed by atoms with E-state index in [2.05, 4.69) is 49.5 Å². The lowest BCUT2D eigenvalue weighted by Gasteiger charge is -1.97. The van der Waals surface area contributed by atoms with E-state index in [1.54, 1.807) is 0 Å². The fraction of sp³-hybridized carbons (Fsp3) is 0.545. The van der Waals surface area contributed by atoms with Crippen molar-refractivity contribution in [2.45, 2.75) is 78.1 Å². The van der Waals surface area contributed by atoms with Crippen LogP contribution in [0.1, 0.15) is 78.1 Å². The van der Waals surface area contributed by atoms with Gasteiger partial charge in [0.1, 0.15) is 0 Å². The lowest BCUT2D eigenvalue weighted by Crippen LogP contribution is -1.78. The zero-order valence-electron chi connectivity index (χ0n) is 14.8. The third kappa shape index (κ3) is 18.7. The molecule has 0 aromatic rings. The second-order valence-electron chi connectivity index (χ2n) is 5.50. The maximum Gasteiger partial charge on any atom is -0.0169 e. The van der Waals surface area contributed by atoms with Gasteiger partial charge in [-0.25, -0.2) is 0 Å². The van der Waals surface area contributed by atoms with E-state index in [9.17, 15) is 0 Å². The van der Waals surface area contributed by atoms with Gasteiger partial charge in [-0.2, -0.15) is 0 Å². The van der Waals surface area contributed by atoms with Gasteiger partial charge in [0, 0.05) is 0 Å². The molecule has 0 fully saturated rings. The summed E-state index contributed by atoms with van der Waals surface area (Å²) in [6.07, 6.45) is 35.3. The van der Waals surface area contributed by atoms with Crippen molar-refractivity contribution < 1.29 is 0 Å². The van der Waals surface area contributed by atoms with E-state index in [0.29, 0.717) is 0 Å². The van der Waals surface area contributed by atoms with Gasteiger partial charge in [-0.15, -0.1) is 0 Å². The Labute approximate surface area is 139 Å². The molecule has 0 unspecified atom stereocenters. The first-order valence-electron chi connectivity index (χ1n) is 9.04. The van der Waals surface area contributed by atoms with Gasteiger partial charge in [-0.3, -0.25) is 0 Å². The molecular formula is C22H35. The third-order valence-electron chi connectivity index (χ3n) is 3.38. The molecule has 0 spiro atoms. The number of allylic oxidation sites excluding steroid dienone is 10. The topological polar surface area (TPSA) is 0 Å². The summed E-state index contributed by atoms with van der Waals surface area (Å²) in [5, 5.41) is 0. The van der Waals surface area contributed by atoms with Crippen LogP contribution in [-0.4, -0.2) is 0 Å². The molecule has 0 saturated heterocycles. The van der Waals surface area contributed by atoms with E-state index in [0.717, 1.165) is 25.7 Å². The van der Waals surface area contributed by atoms with E-state index < -0.39 is 0 Å². The number of hydrogen-bond acceptors (Lipinski definition) is 0. The van der Waals surface area contributed by atoms with Gasteiger partial charge in [0.05, 0.1) is 0 Å². The maximum absolute atomic E-state index is 3.30. The molecule has 0 nitrogen and oxygen atoms in total. The van der Waals surface area contributed by atoms with Crippen LogP contribution in [0.15, 0.2) is 54.7 Å². The molecule has 22 heavy (non-hydrogen) atoms. The molecule has 0 rings (SSSR count). The fourth-order valence-electron chi connectivity index (χ4n) is 2.09. The molecular weight excluding hydrogens is 264 g/mol.